The Hall–Kier alpha value is -2.95. The van der Waals surface area contributed by atoms with E-state index in [1.807, 2.05) is 36.9 Å². The number of rotatable bonds is 2. The lowest BCUT2D eigenvalue weighted by molar-refractivity contribution is 0.0682. The van der Waals surface area contributed by atoms with Crippen LogP contribution in [0.25, 0.3) is 0 Å². The molecule has 1 atom stereocenters. The smallest absolute Gasteiger partial charge is 0.266 e. The lowest BCUT2D eigenvalue weighted by atomic mass is 9.98. The molecule has 2 aliphatic rings. The summed E-state index contributed by atoms with van der Waals surface area (Å²) >= 11 is 0. The number of carbonyl (C=O) groups excluding carboxylic acids is 3. The Balaban J connectivity index is 1.68. The third-order valence-electron chi connectivity index (χ3n) is 5.68. The molecule has 0 N–H and O–H groups in total. The highest BCUT2D eigenvalue weighted by molar-refractivity contribution is 6.35. The molecule has 1 fully saturated rings. The Labute approximate surface area is 164 Å². The normalized spacial score (nSPS) is 19.2. The van der Waals surface area contributed by atoms with Crippen molar-refractivity contribution < 1.29 is 14.4 Å². The first kappa shape index (κ1) is 18.4. The van der Waals surface area contributed by atoms with Gasteiger partial charge in [0.2, 0.25) is 0 Å². The van der Waals surface area contributed by atoms with E-state index in [-0.39, 0.29) is 17.7 Å². The first-order valence-corrected chi connectivity index (χ1v) is 9.76. The third kappa shape index (κ3) is 3.01. The lowest BCUT2D eigenvalue weighted by Gasteiger charge is -2.31. The number of nitrogens with zero attached hydrogens (tertiary/aromatic N) is 2. The molecule has 0 spiro atoms. The number of fused-ring (bicyclic) bond motifs is 1. The van der Waals surface area contributed by atoms with Gasteiger partial charge in [0, 0.05) is 18.7 Å². The number of hydrogen-bond acceptors (Lipinski definition) is 3. The van der Waals surface area contributed by atoms with Crippen molar-refractivity contribution in [2.24, 2.45) is 5.92 Å². The number of benzene rings is 2. The average molecular weight is 376 g/mol. The van der Waals surface area contributed by atoms with E-state index < -0.39 is 0 Å². The summed E-state index contributed by atoms with van der Waals surface area (Å²) in [7, 11) is 0. The number of hydrogen-bond donors (Lipinski definition) is 0. The maximum atomic E-state index is 13.1. The number of aryl methyl sites for hydroxylation is 2. The molecule has 0 bridgehead atoms. The number of likely N-dealkylation sites (tertiary alicyclic amines) is 1. The van der Waals surface area contributed by atoms with Crippen molar-refractivity contribution in [2.45, 2.75) is 33.6 Å². The minimum atomic E-state index is -0.365. The standard InChI is InChI=1S/C23H24N2O3/c1-14-6-7-16(3)20(11-14)25-22(27)18-9-8-17(12-19(18)23(25)28)21(26)24-10-4-5-15(2)13-24/h6-9,11-12,15H,4-5,10,13H2,1-3H3. The number of carbonyl (C=O) groups is 3. The van der Waals surface area contributed by atoms with Gasteiger partial charge in [-0.1, -0.05) is 19.1 Å². The van der Waals surface area contributed by atoms with E-state index in [2.05, 4.69) is 6.92 Å². The Bertz CT molecular complexity index is 995. The maximum absolute atomic E-state index is 13.1. The molecular formula is C23H24N2O3. The number of imide groups is 1. The second-order valence-corrected chi connectivity index (χ2v) is 7.99. The molecule has 1 unspecified atom stereocenters. The first-order chi connectivity index (χ1) is 13.4. The van der Waals surface area contributed by atoms with E-state index in [0.29, 0.717) is 28.3 Å². The first-order valence-electron chi connectivity index (χ1n) is 9.76. The number of piperidine rings is 1. The Morgan fingerprint density at radius 3 is 2.50 bits per heavy atom. The summed E-state index contributed by atoms with van der Waals surface area (Å²) in [5.74, 6) is -0.287. The molecule has 2 aromatic rings. The van der Waals surface area contributed by atoms with Gasteiger partial charge in [-0.05, 0) is 68.0 Å². The second-order valence-electron chi connectivity index (χ2n) is 7.99. The zero-order valence-electron chi connectivity index (χ0n) is 16.5. The van der Waals surface area contributed by atoms with Crippen LogP contribution < -0.4 is 4.90 Å². The van der Waals surface area contributed by atoms with Gasteiger partial charge in [-0.25, -0.2) is 4.90 Å². The van der Waals surface area contributed by atoms with Crippen LogP contribution in [0.4, 0.5) is 5.69 Å². The van der Waals surface area contributed by atoms with Crippen molar-refractivity contribution in [1.29, 1.82) is 0 Å². The largest absolute Gasteiger partial charge is 0.338 e. The fourth-order valence-corrected chi connectivity index (χ4v) is 4.11. The van der Waals surface area contributed by atoms with Gasteiger partial charge in [0.15, 0.2) is 0 Å². The minimum absolute atomic E-state index is 0.0696. The van der Waals surface area contributed by atoms with Crippen LogP contribution in [0.15, 0.2) is 36.4 Å². The summed E-state index contributed by atoms with van der Waals surface area (Å²) in [6, 6.07) is 10.6. The van der Waals surface area contributed by atoms with Crippen molar-refractivity contribution >= 4 is 23.4 Å². The van der Waals surface area contributed by atoms with Crippen LogP contribution in [-0.2, 0) is 0 Å². The van der Waals surface area contributed by atoms with Gasteiger partial charge >= 0.3 is 0 Å². The van der Waals surface area contributed by atoms with E-state index >= 15 is 0 Å². The van der Waals surface area contributed by atoms with E-state index in [9.17, 15) is 14.4 Å². The molecule has 0 radical (unpaired) electrons. The molecule has 4 rings (SSSR count). The molecule has 0 saturated carbocycles. The highest BCUT2D eigenvalue weighted by atomic mass is 16.2. The summed E-state index contributed by atoms with van der Waals surface area (Å²) in [5.41, 5.74) is 3.57. The molecular weight excluding hydrogens is 352 g/mol. The van der Waals surface area contributed by atoms with Crippen LogP contribution in [0.3, 0.4) is 0 Å². The Morgan fingerprint density at radius 2 is 1.75 bits per heavy atom. The van der Waals surface area contributed by atoms with Crippen LogP contribution in [0, 0.1) is 19.8 Å². The predicted molar refractivity (Wildman–Crippen MR) is 108 cm³/mol. The van der Waals surface area contributed by atoms with Gasteiger partial charge < -0.3 is 4.90 Å². The summed E-state index contributed by atoms with van der Waals surface area (Å²) in [4.78, 5) is 41.9. The van der Waals surface area contributed by atoms with Gasteiger partial charge in [0.1, 0.15) is 0 Å². The second kappa shape index (κ2) is 6.89. The average Bonchev–Trinajstić information content (AvgIpc) is 2.93. The van der Waals surface area contributed by atoms with E-state index in [0.717, 1.165) is 37.1 Å². The summed E-state index contributed by atoms with van der Waals surface area (Å²) in [6.07, 6.45) is 2.13. The molecule has 1 saturated heterocycles. The zero-order chi connectivity index (χ0) is 20.0. The molecule has 28 heavy (non-hydrogen) atoms. The molecule has 5 nitrogen and oxygen atoms in total. The van der Waals surface area contributed by atoms with Crippen LogP contribution >= 0.6 is 0 Å². The van der Waals surface area contributed by atoms with E-state index in [4.69, 9.17) is 0 Å². The molecule has 144 valence electrons. The topological polar surface area (TPSA) is 57.7 Å². The SMILES string of the molecule is Cc1ccc(C)c(N2C(=O)c3ccc(C(=O)N4CCCC(C)C4)cc3C2=O)c1. The van der Waals surface area contributed by atoms with E-state index in [1.54, 1.807) is 18.2 Å². The molecule has 2 heterocycles. The van der Waals surface area contributed by atoms with Crippen LogP contribution in [-0.4, -0.2) is 35.7 Å². The third-order valence-corrected chi connectivity index (χ3v) is 5.68. The van der Waals surface area contributed by atoms with Crippen LogP contribution in [0.5, 0.6) is 0 Å². The Kier molecular flexibility index (Phi) is 4.53. The molecule has 3 amide bonds. The maximum Gasteiger partial charge on any atom is 0.266 e. The predicted octanol–water partition coefficient (Wildman–Crippen LogP) is 3.98. The van der Waals surface area contributed by atoms with Gasteiger partial charge in [0.25, 0.3) is 17.7 Å². The van der Waals surface area contributed by atoms with Crippen LogP contribution in [0.2, 0.25) is 0 Å². The van der Waals surface area contributed by atoms with Crippen molar-refractivity contribution in [3.63, 3.8) is 0 Å². The minimum Gasteiger partial charge on any atom is -0.338 e. The fourth-order valence-electron chi connectivity index (χ4n) is 4.11. The quantitative estimate of drug-likeness (QED) is 0.745. The summed E-state index contributed by atoms with van der Waals surface area (Å²) < 4.78 is 0. The number of anilines is 1. The van der Waals surface area contributed by atoms with E-state index in [1.165, 1.54) is 4.90 Å². The molecule has 0 aromatic heterocycles. The van der Waals surface area contributed by atoms with Crippen molar-refractivity contribution in [2.75, 3.05) is 18.0 Å². The molecule has 2 aliphatic heterocycles. The molecule has 0 aliphatic carbocycles. The van der Waals surface area contributed by atoms with Crippen molar-refractivity contribution in [1.82, 2.24) is 4.90 Å². The van der Waals surface area contributed by atoms with Gasteiger partial charge in [0.05, 0.1) is 16.8 Å². The van der Waals surface area contributed by atoms with Gasteiger partial charge in [-0.2, -0.15) is 0 Å². The monoisotopic (exact) mass is 376 g/mol. The summed E-state index contributed by atoms with van der Waals surface area (Å²) in [6.45, 7) is 7.42. The highest BCUT2D eigenvalue weighted by Crippen LogP contribution is 2.32. The lowest BCUT2D eigenvalue weighted by Crippen LogP contribution is -2.39. The summed E-state index contributed by atoms with van der Waals surface area (Å²) in [5, 5.41) is 0. The molecule has 2 aromatic carbocycles. The number of amides is 3. The Morgan fingerprint density at radius 1 is 1.00 bits per heavy atom. The fraction of sp³-hybridized carbons (Fsp3) is 0.348. The van der Waals surface area contributed by atoms with Crippen molar-refractivity contribution in [3.8, 4) is 0 Å². The highest BCUT2D eigenvalue weighted by Gasteiger charge is 2.38. The zero-order valence-corrected chi connectivity index (χ0v) is 16.5. The van der Waals surface area contributed by atoms with Crippen molar-refractivity contribution in [3.05, 3.63) is 64.2 Å². The van der Waals surface area contributed by atoms with Gasteiger partial charge in [-0.15, -0.1) is 0 Å². The molecule has 5 heteroatoms. The van der Waals surface area contributed by atoms with Gasteiger partial charge in [-0.3, -0.25) is 14.4 Å². The van der Waals surface area contributed by atoms with Crippen LogP contribution in [0.1, 0.15) is 62.0 Å².